The minimum absolute atomic E-state index is 1.13. The molecule has 0 N–H and O–H groups in total. The highest BCUT2D eigenvalue weighted by atomic mass is 28.5. The van der Waals surface area contributed by atoms with Crippen LogP contribution in [0.1, 0.15) is 41.5 Å². The summed E-state index contributed by atoms with van der Waals surface area (Å²) in [7, 11) is 12.0. The predicted octanol–water partition coefficient (Wildman–Crippen LogP) is 0.166. The lowest BCUT2D eigenvalue weighted by Crippen LogP contribution is -2.95. The van der Waals surface area contributed by atoms with E-state index in [2.05, 4.69) is 115 Å². The first-order valence-corrected chi connectivity index (χ1v) is 25.9. The molecule has 0 spiro atoms. The van der Waals surface area contributed by atoms with Gasteiger partial charge in [0.25, 0.3) is 25.7 Å². The molecule has 7 nitrogen and oxygen atoms in total. The molecule has 0 aromatic heterocycles. The molecule has 0 aromatic rings. The molecule has 224 valence electrons. The van der Waals surface area contributed by atoms with Gasteiger partial charge < -0.3 is 27.4 Å². The maximum atomic E-state index is 3.49. The van der Waals surface area contributed by atoms with Gasteiger partial charge in [0.15, 0.2) is 0 Å². The molecule has 0 rings (SSSR count). The van der Waals surface area contributed by atoms with Gasteiger partial charge in [0.1, 0.15) is 0 Å². The van der Waals surface area contributed by atoms with Crippen LogP contribution in [0.25, 0.3) is 0 Å². The molecule has 37 heavy (non-hydrogen) atoms. The summed E-state index contributed by atoms with van der Waals surface area (Å²) in [6.45, 7) is 21.3. The molecule has 0 aliphatic heterocycles. The smallest absolute Gasteiger partial charge is 0.279 e. The normalized spacial score (nSPS) is 14.4. The highest BCUT2D eigenvalue weighted by Crippen LogP contribution is 2.42. The summed E-state index contributed by atoms with van der Waals surface area (Å²) in [6.07, 6.45) is 0. The van der Waals surface area contributed by atoms with Crippen LogP contribution >= 0.6 is 0 Å². The molecule has 0 fully saturated rings. The van der Waals surface area contributed by atoms with E-state index in [0.717, 1.165) is 39.3 Å². The van der Waals surface area contributed by atoms with Crippen LogP contribution in [0.4, 0.5) is 0 Å². The zero-order chi connectivity index (χ0) is 29.0. The maximum Gasteiger partial charge on any atom is 0.279 e. The molecule has 13 heteroatoms. The lowest BCUT2D eigenvalue weighted by molar-refractivity contribution is 0.283. The number of hydrogen-bond acceptors (Lipinski definition) is 7. The van der Waals surface area contributed by atoms with Crippen molar-refractivity contribution in [1.29, 1.82) is 0 Å². The molecule has 0 aliphatic rings. The molecule has 0 heterocycles. The van der Waals surface area contributed by atoms with Crippen molar-refractivity contribution in [2.24, 2.45) is 0 Å². The SMILES string of the molecule is CCN(C)[Si](CC[SiH3])(N(C)CC)N([Si](CC[SiH3])(N(C)CC)N(C)CC)[Si](CC[SiH3])(N(C)CC)N(C)CC. The second-order valence-electron chi connectivity index (χ2n) is 11.0. The minimum Gasteiger partial charge on any atom is -0.303 e. The Morgan fingerprint density at radius 1 is 0.378 bits per heavy atom. The van der Waals surface area contributed by atoms with Crippen molar-refractivity contribution in [2.75, 3.05) is 81.6 Å². The monoisotopic (exact) mass is 623 g/mol. The molecule has 0 radical (unpaired) electrons. The summed E-state index contributed by atoms with van der Waals surface area (Å²) >= 11 is 0. The topological polar surface area (TPSA) is 22.7 Å². The molecule has 0 unspecified atom stereocenters. The summed E-state index contributed by atoms with van der Waals surface area (Å²) in [5, 5.41) is 0. The molecular weight excluding hydrogens is 555 g/mol. The van der Waals surface area contributed by atoms with Gasteiger partial charge in [0.2, 0.25) is 0 Å². The van der Waals surface area contributed by atoms with Crippen LogP contribution in [0, 0.1) is 0 Å². The van der Waals surface area contributed by atoms with Gasteiger partial charge in [-0.1, -0.05) is 59.7 Å². The largest absolute Gasteiger partial charge is 0.303 e. The van der Waals surface area contributed by atoms with E-state index in [1.807, 2.05) is 0 Å². The van der Waals surface area contributed by atoms with Crippen LogP contribution in [0.3, 0.4) is 0 Å². The fraction of sp³-hybridized carbons (Fsp3) is 1.00. The first-order chi connectivity index (χ1) is 17.4. The Bertz CT molecular complexity index is 509. The summed E-state index contributed by atoms with van der Waals surface area (Å²) < 4.78 is 20.9. The molecule has 0 bridgehead atoms. The Kier molecular flexibility index (Phi) is 18.2. The van der Waals surface area contributed by atoms with Crippen LogP contribution in [-0.4, -0.2) is 169 Å². The highest BCUT2D eigenvalue weighted by Gasteiger charge is 2.68. The van der Waals surface area contributed by atoms with Crippen molar-refractivity contribution >= 4 is 56.4 Å². The lowest BCUT2D eigenvalue weighted by atomic mass is 10.8. The van der Waals surface area contributed by atoms with Gasteiger partial charge in [-0.3, -0.25) is 3.90 Å². The first-order valence-electron chi connectivity index (χ1n) is 15.5. The summed E-state index contributed by atoms with van der Waals surface area (Å²) in [5.74, 6) is 0. The maximum absolute atomic E-state index is 3.49. The molecule has 0 atom stereocenters. The van der Waals surface area contributed by atoms with E-state index in [9.17, 15) is 0 Å². The average molecular weight is 624 g/mol. The molecule has 0 saturated carbocycles. The van der Waals surface area contributed by atoms with Crippen LogP contribution in [-0.2, 0) is 0 Å². The quantitative estimate of drug-likeness (QED) is 0.168. The minimum atomic E-state index is -2.27. The van der Waals surface area contributed by atoms with E-state index in [1.54, 1.807) is 0 Å². The number of hydrogen-bond donors (Lipinski definition) is 0. The zero-order valence-corrected chi connectivity index (χ0v) is 37.1. The lowest BCUT2D eigenvalue weighted by Gasteiger charge is -2.69. The molecule has 0 saturated heterocycles. The van der Waals surface area contributed by atoms with Crippen molar-refractivity contribution < 1.29 is 0 Å². The number of rotatable bonds is 21. The van der Waals surface area contributed by atoms with E-state index in [4.69, 9.17) is 0 Å². The van der Waals surface area contributed by atoms with E-state index >= 15 is 0 Å². The van der Waals surface area contributed by atoms with Gasteiger partial charge in [-0.15, -0.1) is 0 Å². The van der Waals surface area contributed by atoms with Crippen molar-refractivity contribution in [3.63, 3.8) is 0 Å². The Morgan fingerprint density at radius 3 is 0.649 bits per heavy atom. The Morgan fingerprint density at radius 2 is 0.541 bits per heavy atom. The molecular formula is C24H69N7Si6. The van der Waals surface area contributed by atoms with Crippen molar-refractivity contribution in [3.8, 4) is 0 Å². The highest BCUT2D eigenvalue weighted by molar-refractivity contribution is 7.02. The van der Waals surface area contributed by atoms with Crippen molar-refractivity contribution in [3.05, 3.63) is 0 Å². The van der Waals surface area contributed by atoms with Gasteiger partial charge in [0, 0.05) is 30.7 Å². The average Bonchev–Trinajstić information content (AvgIpc) is 2.92. The van der Waals surface area contributed by atoms with E-state index in [0.29, 0.717) is 0 Å². The van der Waals surface area contributed by atoms with E-state index in [1.165, 1.54) is 67.0 Å². The van der Waals surface area contributed by atoms with Gasteiger partial charge in [-0.05, 0) is 99.7 Å². The Balaban J connectivity index is 8.54. The second kappa shape index (κ2) is 17.8. The van der Waals surface area contributed by atoms with Crippen LogP contribution in [0.2, 0.25) is 36.3 Å². The molecule has 0 aliphatic carbocycles. The summed E-state index contributed by atoms with van der Waals surface area (Å²) in [5.41, 5.74) is 0. The third-order valence-corrected chi connectivity index (χ3v) is 35.2. The van der Waals surface area contributed by atoms with Crippen molar-refractivity contribution in [1.82, 2.24) is 31.3 Å². The zero-order valence-electron chi connectivity index (χ0n) is 28.1. The third-order valence-electron chi connectivity index (χ3n) is 9.34. The fourth-order valence-corrected chi connectivity index (χ4v) is 39.7. The van der Waals surface area contributed by atoms with Crippen LogP contribution in [0.5, 0.6) is 0 Å². The van der Waals surface area contributed by atoms with Gasteiger partial charge in [-0.25, -0.2) is 0 Å². The van der Waals surface area contributed by atoms with Gasteiger partial charge >= 0.3 is 0 Å². The summed E-state index contributed by atoms with van der Waals surface area (Å²) in [4.78, 5) is 0. The fourth-order valence-electron chi connectivity index (χ4n) is 6.76. The van der Waals surface area contributed by atoms with E-state index < -0.39 is 25.7 Å². The van der Waals surface area contributed by atoms with Crippen molar-refractivity contribution in [2.45, 2.75) is 77.8 Å². The second-order valence-corrected chi connectivity index (χ2v) is 27.4. The van der Waals surface area contributed by atoms with E-state index in [-0.39, 0.29) is 0 Å². The summed E-state index contributed by atoms with van der Waals surface area (Å²) in [6, 6.07) is 8.24. The van der Waals surface area contributed by atoms with Gasteiger partial charge in [0.05, 0.1) is 0 Å². The molecule has 0 amide bonds. The number of nitrogens with zero attached hydrogens (tertiary/aromatic N) is 7. The van der Waals surface area contributed by atoms with Crippen LogP contribution < -0.4 is 0 Å². The predicted molar refractivity (Wildman–Crippen MR) is 188 cm³/mol. The Hall–Kier alpha value is 1.02. The first kappa shape index (κ1) is 38.0. The third kappa shape index (κ3) is 7.27. The standard InChI is InChI=1S/C24H69N7Si6/c1-13-25(7)35(22-19-32,26(8)14-2)31(36(23-20-33,27(9)15-3)28(10)16-4)37(24-21-34,29(11)17-5)30(12)18-6/h13-24H2,1-12,32-34H3. The van der Waals surface area contributed by atoms with Gasteiger partial charge in [-0.2, -0.15) is 0 Å². The van der Waals surface area contributed by atoms with Crippen LogP contribution in [0.15, 0.2) is 0 Å². The Labute approximate surface area is 246 Å². The molecule has 0 aromatic carbocycles.